The highest BCUT2D eigenvalue weighted by Crippen LogP contribution is 2.22. The molecule has 2 aromatic rings. The van der Waals surface area contributed by atoms with Crippen LogP contribution >= 0.6 is 0 Å². The van der Waals surface area contributed by atoms with E-state index >= 15 is 0 Å². The minimum Gasteiger partial charge on any atom is -0.469 e. The van der Waals surface area contributed by atoms with Crippen molar-refractivity contribution in [2.24, 2.45) is 0 Å². The maximum Gasteiger partial charge on any atom is 0.305 e. The number of aryl methyl sites for hydroxylation is 1. The quantitative estimate of drug-likeness (QED) is 0.758. The Hall–Kier alpha value is -2.03. The van der Waals surface area contributed by atoms with E-state index in [1.807, 2.05) is 42.5 Å². The number of methoxy groups -OCH3 is 1. The normalized spacial score (nSPS) is 10.2. The highest BCUT2D eigenvalue weighted by Gasteiger charge is 2.06. The Morgan fingerprint density at radius 1 is 1.18 bits per heavy atom. The second kappa shape index (κ2) is 5.34. The molecule has 0 atom stereocenters. The van der Waals surface area contributed by atoms with Crippen LogP contribution in [0, 0.1) is 0 Å². The summed E-state index contributed by atoms with van der Waals surface area (Å²) in [6.45, 7) is 0. The van der Waals surface area contributed by atoms with E-state index in [0.29, 0.717) is 12.8 Å². The zero-order chi connectivity index (χ0) is 12.1. The molecule has 17 heavy (non-hydrogen) atoms. The number of benzene rings is 1. The van der Waals surface area contributed by atoms with Crippen molar-refractivity contribution in [1.82, 2.24) is 0 Å². The largest absolute Gasteiger partial charge is 0.469 e. The number of carbonyl (C=O) groups is 1. The standard InChI is InChI=1S/C14H14O3/c1-16-14(15)10-8-12-7-9-13(17-12)11-5-3-2-4-6-11/h2-7,9H,8,10H2,1H3. The van der Waals surface area contributed by atoms with Gasteiger partial charge in [-0.3, -0.25) is 4.79 Å². The van der Waals surface area contributed by atoms with E-state index in [4.69, 9.17) is 4.42 Å². The summed E-state index contributed by atoms with van der Waals surface area (Å²) in [6, 6.07) is 13.7. The molecule has 0 bridgehead atoms. The first-order valence-electron chi connectivity index (χ1n) is 5.50. The molecule has 0 aliphatic carbocycles. The van der Waals surface area contributed by atoms with E-state index < -0.39 is 0 Å². The molecule has 1 aromatic heterocycles. The molecule has 1 heterocycles. The van der Waals surface area contributed by atoms with E-state index in [9.17, 15) is 4.79 Å². The Bertz CT molecular complexity index is 485. The molecule has 0 amide bonds. The van der Waals surface area contributed by atoms with Gasteiger partial charge in [0, 0.05) is 12.0 Å². The topological polar surface area (TPSA) is 39.4 Å². The Balaban J connectivity index is 2.04. The summed E-state index contributed by atoms with van der Waals surface area (Å²) in [5.41, 5.74) is 1.04. The first-order chi connectivity index (χ1) is 8.29. The molecule has 0 aliphatic rings. The highest BCUT2D eigenvalue weighted by molar-refractivity contribution is 5.69. The van der Waals surface area contributed by atoms with Crippen LogP contribution in [0.2, 0.25) is 0 Å². The van der Waals surface area contributed by atoms with Crippen LogP contribution in [0.3, 0.4) is 0 Å². The van der Waals surface area contributed by atoms with Gasteiger partial charge in [0.2, 0.25) is 0 Å². The smallest absolute Gasteiger partial charge is 0.305 e. The summed E-state index contributed by atoms with van der Waals surface area (Å²) in [7, 11) is 1.39. The summed E-state index contributed by atoms with van der Waals surface area (Å²) >= 11 is 0. The van der Waals surface area contributed by atoms with Gasteiger partial charge in [-0.2, -0.15) is 0 Å². The lowest BCUT2D eigenvalue weighted by Crippen LogP contribution is -2.01. The molecule has 2 rings (SSSR count). The van der Waals surface area contributed by atoms with Gasteiger partial charge < -0.3 is 9.15 Å². The van der Waals surface area contributed by atoms with Crippen LogP contribution in [-0.2, 0) is 16.0 Å². The molecule has 1 aromatic carbocycles. The molecule has 0 aliphatic heterocycles. The van der Waals surface area contributed by atoms with E-state index in [2.05, 4.69) is 4.74 Å². The van der Waals surface area contributed by atoms with E-state index in [0.717, 1.165) is 17.1 Å². The number of hydrogen-bond donors (Lipinski definition) is 0. The van der Waals surface area contributed by atoms with Gasteiger partial charge >= 0.3 is 5.97 Å². The third kappa shape index (κ3) is 2.97. The fraction of sp³-hybridized carbons (Fsp3) is 0.214. The minimum atomic E-state index is -0.220. The van der Waals surface area contributed by atoms with Gasteiger partial charge in [-0.05, 0) is 12.1 Å². The average molecular weight is 230 g/mol. The minimum absolute atomic E-state index is 0.220. The van der Waals surface area contributed by atoms with Crippen LogP contribution < -0.4 is 0 Å². The lowest BCUT2D eigenvalue weighted by Gasteiger charge is -1.97. The van der Waals surface area contributed by atoms with Crippen molar-refractivity contribution in [1.29, 1.82) is 0 Å². The first-order valence-corrected chi connectivity index (χ1v) is 5.50. The van der Waals surface area contributed by atoms with Gasteiger partial charge in [-0.1, -0.05) is 30.3 Å². The number of rotatable bonds is 4. The molecule has 3 heteroatoms. The van der Waals surface area contributed by atoms with Gasteiger partial charge in [0.15, 0.2) is 0 Å². The maximum atomic E-state index is 11.0. The van der Waals surface area contributed by atoms with E-state index in [1.54, 1.807) is 0 Å². The van der Waals surface area contributed by atoms with Crippen LogP contribution in [0.1, 0.15) is 12.2 Å². The summed E-state index contributed by atoms with van der Waals surface area (Å²) in [5, 5.41) is 0. The molecular formula is C14H14O3. The molecule has 0 spiro atoms. The van der Waals surface area contributed by atoms with Gasteiger partial charge in [-0.15, -0.1) is 0 Å². The van der Waals surface area contributed by atoms with E-state index in [-0.39, 0.29) is 5.97 Å². The number of hydrogen-bond acceptors (Lipinski definition) is 3. The van der Waals surface area contributed by atoms with Crippen molar-refractivity contribution < 1.29 is 13.9 Å². The summed E-state index contributed by atoms with van der Waals surface area (Å²) in [5.74, 6) is 1.40. The van der Waals surface area contributed by atoms with Crippen molar-refractivity contribution in [2.75, 3.05) is 7.11 Å². The predicted octanol–water partition coefficient (Wildman–Crippen LogP) is 3.05. The number of furan rings is 1. The first kappa shape index (κ1) is 11.5. The zero-order valence-corrected chi connectivity index (χ0v) is 9.68. The lowest BCUT2D eigenvalue weighted by molar-refractivity contribution is -0.140. The molecule has 88 valence electrons. The van der Waals surface area contributed by atoms with Gasteiger partial charge in [0.1, 0.15) is 11.5 Å². The van der Waals surface area contributed by atoms with Crippen LogP contribution in [0.25, 0.3) is 11.3 Å². The second-order valence-electron chi connectivity index (χ2n) is 3.71. The molecule has 0 radical (unpaired) electrons. The van der Waals surface area contributed by atoms with Gasteiger partial charge in [-0.25, -0.2) is 0 Å². The van der Waals surface area contributed by atoms with Gasteiger partial charge in [0.05, 0.1) is 13.5 Å². The summed E-state index contributed by atoms with van der Waals surface area (Å²) in [4.78, 5) is 11.0. The maximum absolute atomic E-state index is 11.0. The average Bonchev–Trinajstić information content (AvgIpc) is 2.86. The predicted molar refractivity (Wildman–Crippen MR) is 64.5 cm³/mol. The molecule has 0 N–H and O–H groups in total. The second-order valence-corrected chi connectivity index (χ2v) is 3.71. The van der Waals surface area contributed by atoms with E-state index in [1.165, 1.54) is 7.11 Å². The monoisotopic (exact) mass is 230 g/mol. The SMILES string of the molecule is COC(=O)CCc1ccc(-c2ccccc2)o1. The number of carbonyl (C=O) groups excluding carboxylic acids is 1. The fourth-order valence-electron chi connectivity index (χ4n) is 1.60. The van der Waals surface area contributed by atoms with Crippen molar-refractivity contribution in [3.8, 4) is 11.3 Å². The van der Waals surface area contributed by atoms with Crippen molar-refractivity contribution in [3.05, 3.63) is 48.2 Å². The van der Waals surface area contributed by atoms with Crippen LogP contribution in [0.4, 0.5) is 0 Å². The Kier molecular flexibility index (Phi) is 3.60. The van der Waals surface area contributed by atoms with Crippen molar-refractivity contribution in [2.45, 2.75) is 12.8 Å². The summed E-state index contributed by atoms with van der Waals surface area (Å²) in [6.07, 6.45) is 0.914. The van der Waals surface area contributed by atoms with Crippen molar-refractivity contribution in [3.63, 3.8) is 0 Å². The zero-order valence-electron chi connectivity index (χ0n) is 9.68. The molecule has 3 nitrogen and oxygen atoms in total. The Morgan fingerprint density at radius 3 is 2.65 bits per heavy atom. The summed E-state index contributed by atoms with van der Waals surface area (Å²) < 4.78 is 10.2. The molecule has 0 fully saturated rings. The number of ether oxygens (including phenoxy) is 1. The Morgan fingerprint density at radius 2 is 1.94 bits per heavy atom. The van der Waals surface area contributed by atoms with Gasteiger partial charge in [0.25, 0.3) is 0 Å². The molecular weight excluding hydrogens is 216 g/mol. The highest BCUT2D eigenvalue weighted by atomic mass is 16.5. The lowest BCUT2D eigenvalue weighted by atomic mass is 10.2. The van der Waals surface area contributed by atoms with Crippen molar-refractivity contribution >= 4 is 5.97 Å². The number of esters is 1. The Labute approximate surface area is 100 Å². The third-order valence-electron chi connectivity index (χ3n) is 2.52. The fourth-order valence-corrected chi connectivity index (χ4v) is 1.60. The van der Waals surface area contributed by atoms with Crippen LogP contribution in [-0.4, -0.2) is 13.1 Å². The molecule has 0 saturated carbocycles. The molecule has 0 unspecified atom stereocenters. The van der Waals surface area contributed by atoms with Crippen LogP contribution in [0.15, 0.2) is 46.9 Å². The molecule has 0 saturated heterocycles. The van der Waals surface area contributed by atoms with Crippen LogP contribution in [0.5, 0.6) is 0 Å². The third-order valence-corrected chi connectivity index (χ3v) is 2.52.